The van der Waals surface area contributed by atoms with E-state index in [1.807, 2.05) is 13.0 Å². The van der Waals surface area contributed by atoms with Crippen LogP contribution in [0.15, 0.2) is 18.2 Å². The predicted octanol–water partition coefficient (Wildman–Crippen LogP) is 3.07. The van der Waals surface area contributed by atoms with Gasteiger partial charge in [0.15, 0.2) is 0 Å². The first kappa shape index (κ1) is 13.1. The second kappa shape index (κ2) is 5.97. The second-order valence-electron chi connectivity index (χ2n) is 4.47. The number of nitrogens with two attached hydrogens (primary N) is 1. The van der Waals surface area contributed by atoms with Crippen molar-refractivity contribution in [2.45, 2.75) is 39.7 Å². The maximum atomic E-state index is 13.0. The standard InChI is InChI=1S/C13H21FN2/c1-4-9(2)7-13(16-15)12-6-5-11(14)8-10(12)3/h5-6,8-9,13,16H,4,7,15H2,1-3H3. The van der Waals surface area contributed by atoms with Gasteiger partial charge in [-0.05, 0) is 42.5 Å². The van der Waals surface area contributed by atoms with Crippen LogP contribution < -0.4 is 11.3 Å². The molecule has 16 heavy (non-hydrogen) atoms. The van der Waals surface area contributed by atoms with Crippen molar-refractivity contribution in [2.24, 2.45) is 11.8 Å². The molecule has 0 radical (unpaired) electrons. The number of nitrogens with one attached hydrogen (secondary N) is 1. The van der Waals surface area contributed by atoms with Gasteiger partial charge in [0.1, 0.15) is 5.82 Å². The normalized spacial score (nSPS) is 14.8. The zero-order valence-electron chi connectivity index (χ0n) is 10.3. The minimum absolute atomic E-state index is 0.107. The molecule has 1 aromatic carbocycles. The van der Waals surface area contributed by atoms with Crippen LogP contribution in [-0.4, -0.2) is 0 Å². The monoisotopic (exact) mass is 224 g/mol. The molecule has 0 amide bonds. The summed E-state index contributed by atoms with van der Waals surface area (Å²) in [6, 6.07) is 4.97. The molecule has 0 aliphatic rings. The maximum absolute atomic E-state index is 13.0. The number of hydrogen-bond acceptors (Lipinski definition) is 2. The Morgan fingerprint density at radius 2 is 2.12 bits per heavy atom. The van der Waals surface area contributed by atoms with Crippen LogP contribution in [0.4, 0.5) is 4.39 Å². The minimum atomic E-state index is -0.194. The molecule has 0 aromatic heterocycles. The molecule has 3 heteroatoms. The molecule has 0 saturated carbocycles. The Labute approximate surface area is 97.0 Å². The SMILES string of the molecule is CCC(C)CC(NN)c1ccc(F)cc1C. The van der Waals surface area contributed by atoms with Crippen LogP contribution in [-0.2, 0) is 0 Å². The van der Waals surface area contributed by atoms with E-state index in [-0.39, 0.29) is 11.9 Å². The molecule has 0 saturated heterocycles. The van der Waals surface area contributed by atoms with E-state index >= 15 is 0 Å². The lowest BCUT2D eigenvalue weighted by molar-refractivity contribution is 0.406. The molecule has 2 nitrogen and oxygen atoms in total. The summed E-state index contributed by atoms with van der Waals surface area (Å²) in [7, 11) is 0. The van der Waals surface area contributed by atoms with Crippen molar-refractivity contribution in [3.8, 4) is 0 Å². The fourth-order valence-corrected chi connectivity index (χ4v) is 1.88. The van der Waals surface area contributed by atoms with E-state index in [2.05, 4.69) is 19.3 Å². The average Bonchev–Trinajstić information content (AvgIpc) is 2.26. The van der Waals surface area contributed by atoms with Gasteiger partial charge in [-0.3, -0.25) is 11.3 Å². The quantitative estimate of drug-likeness (QED) is 0.596. The Morgan fingerprint density at radius 3 is 2.62 bits per heavy atom. The van der Waals surface area contributed by atoms with Gasteiger partial charge in [-0.25, -0.2) is 4.39 Å². The van der Waals surface area contributed by atoms with Gasteiger partial charge < -0.3 is 0 Å². The lowest BCUT2D eigenvalue weighted by Crippen LogP contribution is -2.29. The summed E-state index contributed by atoms with van der Waals surface area (Å²) in [5.41, 5.74) is 4.86. The van der Waals surface area contributed by atoms with Crippen molar-refractivity contribution in [2.75, 3.05) is 0 Å². The molecule has 1 aromatic rings. The van der Waals surface area contributed by atoms with E-state index in [9.17, 15) is 4.39 Å². The molecular weight excluding hydrogens is 203 g/mol. The fourth-order valence-electron chi connectivity index (χ4n) is 1.88. The van der Waals surface area contributed by atoms with Crippen LogP contribution in [0.5, 0.6) is 0 Å². The van der Waals surface area contributed by atoms with Gasteiger partial charge in [0.25, 0.3) is 0 Å². The Morgan fingerprint density at radius 1 is 1.44 bits per heavy atom. The summed E-state index contributed by atoms with van der Waals surface area (Å²) >= 11 is 0. The third-order valence-corrected chi connectivity index (χ3v) is 3.14. The van der Waals surface area contributed by atoms with Gasteiger partial charge >= 0.3 is 0 Å². The highest BCUT2D eigenvalue weighted by Gasteiger charge is 2.15. The van der Waals surface area contributed by atoms with Crippen LogP contribution >= 0.6 is 0 Å². The van der Waals surface area contributed by atoms with E-state index in [0.717, 1.165) is 24.0 Å². The Kier molecular flexibility index (Phi) is 4.90. The topological polar surface area (TPSA) is 38.0 Å². The number of hydrazine groups is 1. The summed E-state index contributed by atoms with van der Waals surface area (Å²) < 4.78 is 13.0. The highest BCUT2D eigenvalue weighted by atomic mass is 19.1. The molecule has 0 spiro atoms. The van der Waals surface area contributed by atoms with Crippen LogP contribution in [0.2, 0.25) is 0 Å². The Balaban J connectivity index is 2.86. The van der Waals surface area contributed by atoms with Crippen molar-refractivity contribution >= 4 is 0 Å². The van der Waals surface area contributed by atoms with Crippen molar-refractivity contribution < 1.29 is 4.39 Å². The summed E-state index contributed by atoms with van der Waals surface area (Å²) in [5.74, 6) is 5.98. The number of halogens is 1. The summed E-state index contributed by atoms with van der Waals surface area (Å²) in [5, 5.41) is 0. The van der Waals surface area contributed by atoms with Crippen molar-refractivity contribution in [3.05, 3.63) is 35.1 Å². The predicted molar refractivity (Wildman–Crippen MR) is 65.3 cm³/mol. The lowest BCUT2D eigenvalue weighted by Gasteiger charge is -2.21. The van der Waals surface area contributed by atoms with Gasteiger partial charge in [0, 0.05) is 6.04 Å². The maximum Gasteiger partial charge on any atom is 0.123 e. The van der Waals surface area contributed by atoms with Gasteiger partial charge in [-0.15, -0.1) is 0 Å². The fraction of sp³-hybridized carbons (Fsp3) is 0.538. The average molecular weight is 224 g/mol. The van der Waals surface area contributed by atoms with Crippen molar-refractivity contribution in [1.82, 2.24) is 5.43 Å². The molecule has 3 N–H and O–H groups in total. The molecule has 90 valence electrons. The first-order valence-electron chi connectivity index (χ1n) is 5.80. The Bertz CT molecular complexity index is 339. The van der Waals surface area contributed by atoms with Crippen LogP contribution in [0, 0.1) is 18.7 Å². The van der Waals surface area contributed by atoms with Crippen LogP contribution in [0.1, 0.15) is 43.9 Å². The van der Waals surface area contributed by atoms with Gasteiger partial charge in [-0.1, -0.05) is 26.3 Å². The number of aryl methyl sites for hydroxylation is 1. The molecule has 0 aliphatic heterocycles. The first-order chi connectivity index (χ1) is 7.58. The van der Waals surface area contributed by atoms with E-state index in [1.54, 1.807) is 6.07 Å². The van der Waals surface area contributed by atoms with E-state index in [4.69, 9.17) is 5.84 Å². The van der Waals surface area contributed by atoms with Crippen molar-refractivity contribution in [1.29, 1.82) is 0 Å². The van der Waals surface area contributed by atoms with Gasteiger partial charge in [0.2, 0.25) is 0 Å². The van der Waals surface area contributed by atoms with Crippen LogP contribution in [0.25, 0.3) is 0 Å². The summed E-state index contributed by atoms with van der Waals surface area (Å²) in [4.78, 5) is 0. The molecule has 0 aliphatic carbocycles. The highest BCUT2D eigenvalue weighted by molar-refractivity contribution is 5.29. The number of rotatable bonds is 5. The van der Waals surface area contributed by atoms with E-state index in [1.165, 1.54) is 6.07 Å². The molecule has 0 fully saturated rings. The third-order valence-electron chi connectivity index (χ3n) is 3.14. The highest BCUT2D eigenvalue weighted by Crippen LogP contribution is 2.25. The zero-order chi connectivity index (χ0) is 12.1. The summed E-state index contributed by atoms with van der Waals surface area (Å²) in [6.45, 7) is 6.28. The minimum Gasteiger partial charge on any atom is -0.271 e. The zero-order valence-corrected chi connectivity index (χ0v) is 10.3. The second-order valence-corrected chi connectivity index (χ2v) is 4.47. The molecule has 2 atom stereocenters. The molecular formula is C13H21FN2. The van der Waals surface area contributed by atoms with Gasteiger partial charge in [-0.2, -0.15) is 0 Å². The summed E-state index contributed by atoms with van der Waals surface area (Å²) in [6.07, 6.45) is 2.10. The van der Waals surface area contributed by atoms with Gasteiger partial charge in [0.05, 0.1) is 0 Å². The first-order valence-corrected chi connectivity index (χ1v) is 5.80. The Hall–Kier alpha value is -0.930. The number of benzene rings is 1. The third kappa shape index (κ3) is 3.29. The molecule has 0 bridgehead atoms. The van der Waals surface area contributed by atoms with E-state index < -0.39 is 0 Å². The largest absolute Gasteiger partial charge is 0.271 e. The number of hydrogen-bond donors (Lipinski definition) is 2. The lowest BCUT2D eigenvalue weighted by atomic mass is 9.92. The molecule has 0 heterocycles. The van der Waals surface area contributed by atoms with Crippen molar-refractivity contribution in [3.63, 3.8) is 0 Å². The van der Waals surface area contributed by atoms with E-state index in [0.29, 0.717) is 5.92 Å². The molecule has 1 rings (SSSR count). The van der Waals surface area contributed by atoms with Crippen LogP contribution in [0.3, 0.4) is 0 Å². The smallest absolute Gasteiger partial charge is 0.123 e. The molecule has 2 unspecified atom stereocenters.